The van der Waals surface area contributed by atoms with E-state index in [4.69, 9.17) is 0 Å². The second-order valence-electron chi connectivity index (χ2n) is 9.56. The molecule has 6 heteroatoms. The predicted octanol–water partition coefficient (Wildman–Crippen LogP) is 6.32. The van der Waals surface area contributed by atoms with E-state index in [1.807, 2.05) is 64.9 Å². The quantitative estimate of drug-likeness (QED) is 0.420. The number of aromatic amines is 1. The maximum atomic E-state index is 14.0. The Morgan fingerprint density at radius 1 is 0.882 bits per heavy atom. The Bertz CT molecular complexity index is 1080. The molecule has 34 heavy (non-hydrogen) atoms. The van der Waals surface area contributed by atoms with Gasteiger partial charge in [0.05, 0.1) is 0 Å². The van der Waals surface area contributed by atoms with E-state index in [-0.39, 0.29) is 23.9 Å². The van der Waals surface area contributed by atoms with Crippen LogP contribution in [0.25, 0.3) is 11.3 Å². The Kier molecular flexibility index (Phi) is 7.14. The van der Waals surface area contributed by atoms with E-state index in [0.29, 0.717) is 5.69 Å². The lowest BCUT2D eigenvalue weighted by atomic mass is 9.95. The first-order valence-corrected chi connectivity index (χ1v) is 13.5. The summed E-state index contributed by atoms with van der Waals surface area (Å²) in [7, 11) is 0. The van der Waals surface area contributed by atoms with Crippen molar-refractivity contribution in [3.63, 3.8) is 0 Å². The summed E-state index contributed by atoms with van der Waals surface area (Å²) in [6, 6.07) is 17.5. The zero-order valence-corrected chi connectivity index (χ0v) is 20.4. The van der Waals surface area contributed by atoms with Crippen molar-refractivity contribution >= 4 is 23.2 Å². The molecule has 1 atom stereocenters. The molecule has 0 saturated heterocycles. The minimum atomic E-state index is -0.596. The average Bonchev–Trinajstić information content (AvgIpc) is 3.66. The number of hydrogen-bond donors (Lipinski definition) is 2. The van der Waals surface area contributed by atoms with Crippen LogP contribution in [0.5, 0.6) is 0 Å². The van der Waals surface area contributed by atoms with E-state index in [0.717, 1.165) is 67.5 Å². The Hall–Kier alpha value is -2.86. The zero-order chi connectivity index (χ0) is 23.3. The molecule has 0 spiro atoms. The van der Waals surface area contributed by atoms with Crippen LogP contribution < -0.4 is 5.32 Å². The number of carbonyl (C=O) groups is 2. The molecule has 5 rings (SSSR count). The van der Waals surface area contributed by atoms with Gasteiger partial charge in [0, 0.05) is 22.7 Å². The Balaban J connectivity index is 1.47. The number of aromatic nitrogens is 1. The molecule has 2 amide bonds. The van der Waals surface area contributed by atoms with Gasteiger partial charge in [-0.15, -0.1) is 11.3 Å². The lowest BCUT2D eigenvalue weighted by Crippen LogP contribution is -2.50. The van der Waals surface area contributed by atoms with Crippen LogP contribution in [0.1, 0.15) is 79.2 Å². The van der Waals surface area contributed by atoms with Crippen molar-refractivity contribution in [1.82, 2.24) is 15.2 Å². The highest BCUT2D eigenvalue weighted by Gasteiger charge is 2.39. The SMILES string of the molecule is O=C(NC1CCCCC1)C(c1cccs1)N(C(=O)c1ccc(-c2ccccc2)[nH]1)C1CCCC1. The maximum Gasteiger partial charge on any atom is 0.271 e. The molecule has 2 aliphatic rings. The molecule has 178 valence electrons. The lowest BCUT2D eigenvalue weighted by Gasteiger charge is -2.36. The van der Waals surface area contributed by atoms with E-state index in [1.165, 1.54) is 6.42 Å². The molecule has 2 aromatic heterocycles. The van der Waals surface area contributed by atoms with E-state index in [1.54, 1.807) is 11.3 Å². The molecular weight excluding hydrogens is 442 g/mol. The minimum Gasteiger partial charge on any atom is -0.351 e. The Morgan fingerprint density at radius 3 is 2.32 bits per heavy atom. The van der Waals surface area contributed by atoms with E-state index in [2.05, 4.69) is 10.3 Å². The highest BCUT2D eigenvalue weighted by Crippen LogP contribution is 2.35. The molecule has 0 radical (unpaired) electrons. The van der Waals surface area contributed by atoms with Crippen LogP contribution in [0.2, 0.25) is 0 Å². The first kappa shape index (κ1) is 22.9. The summed E-state index contributed by atoms with van der Waals surface area (Å²) in [5.74, 6) is -0.129. The van der Waals surface area contributed by atoms with Crippen LogP contribution in [0.4, 0.5) is 0 Å². The second-order valence-corrected chi connectivity index (χ2v) is 10.5. The summed E-state index contributed by atoms with van der Waals surface area (Å²) < 4.78 is 0. The molecule has 0 aliphatic heterocycles. The molecule has 2 fully saturated rings. The topological polar surface area (TPSA) is 65.2 Å². The molecular formula is C28H33N3O2S. The number of H-pyrrole nitrogens is 1. The van der Waals surface area contributed by atoms with Crippen molar-refractivity contribution in [1.29, 1.82) is 0 Å². The summed E-state index contributed by atoms with van der Waals surface area (Å²) in [4.78, 5) is 33.9. The molecule has 2 saturated carbocycles. The third-order valence-electron chi connectivity index (χ3n) is 7.24. The first-order valence-electron chi connectivity index (χ1n) is 12.6. The van der Waals surface area contributed by atoms with Crippen LogP contribution in [0.15, 0.2) is 60.0 Å². The first-order chi connectivity index (χ1) is 16.7. The molecule has 1 unspecified atom stereocenters. The molecule has 2 aliphatic carbocycles. The number of rotatable bonds is 7. The Labute approximate surface area is 205 Å². The zero-order valence-electron chi connectivity index (χ0n) is 19.5. The van der Waals surface area contributed by atoms with Crippen LogP contribution in [-0.4, -0.2) is 33.8 Å². The van der Waals surface area contributed by atoms with Crippen LogP contribution in [0, 0.1) is 0 Å². The van der Waals surface area contributed by atoms with Crippen molar-refractivity contribution in [2.75, 3.05) is 0 Å². The smallest absolute Gasteiger partial charge is 0.271 e. The van der Waals surface area contributed by atoms with E-state index in [9.17, 15) is 9.59 Å². The summed E-state index contributed by atoms with van der Waals surface area (Å²) in [6.07, 6.45) is 9.67. The van der Waals surface area contributed by atoms with Gasteiger partial charge >= 0.3 is 0 Å². The number of thiophene rings is 1. The molecule has 2 N–H and O–H groups in total. The van der Waals surface area contributed by atoms with Gasteiger partial charge in [-0.25, -0.2) is 0 Å². The van der Waals surface area contributed by atoms with Crippen LogP contribution in [-0.2, 0) is 4.79 Å². The number of benzene rings is 1. The second kappa shape index (κ2) is 10.6. The summed E-state index contributed by atoms with van der Waals surface area (Å²) in [5, 5.41) is 5.31. The van der Waals surface area contributed by atoms with Gasteiger partial charge in [-0.1, -0.05) is 68.5 Å². The van der Waals surface area contributed by atoms with Gasteiger partial charge in [0.15, 0.2) is 0 Å². The fraction of sp³-hybridized carbons (Fsp3) is 0.429. The van der Waals surface area contributed by atoms with Gasteiger partial charge in [0.1, 0.15) is 11.7 Å². The van der Waals surface area contributed by atoms with Crippen molar-refractivity contribution < 1.29 is 9.59 Å². The van der Waals surface area contributed by atoms with Gasteiger partial charge in [0.2, 0.25) is 5.91 Å². The largest absolute Gasteiger partial charge is 0.351 e. The van der Waals surface area contributed by atoms with Gasteiger partial charge in [-0.05, 0) is 54.8 Å². The summed E-state index contributed by atoms with van der Waals surface area (Å²) in [5.41, 5.74) is 2.49. The van der Waals surface area contributed by atoms with E-state index >= 15 is 0 Å². The molecule has 5 nitrogen and oxygen atoms in total. The number of nitrogens with zero attached hydrogens (tertiary/aromatic N) is 1. The van der Waals surface area contributed by atoms with Crippen molar-refractivity contribution in [2.45, 2.75) is 75.9 Å². The van der Waals surface area contributed by atoms with Gasteiger partial charge in [-0.2, -0.15) is 0 Å². The van der Waals surface area contributed by atoms with Crippen molar-refractivity contribution in [3.8, 4) is 11.3 Å². The maximum absolute atomic E-state index is 14.0. The fourth-order valence-electron chi connectivity index (χ4n) is 5.49. The van der Waals surface area contributed by atoms with Gasteiger partial charge in [-0.3, -0.25) is 9.59 Å². The number of amides is 2. The number of carbonyl (C=O) groups excluding carboxylic acids is 2. The summed E-state index contributed by atoms with van der Waals surface area (Å²) >= 11 is 1.56. The van der Waals surface area contributed by atoms with Crippen LogP contribution >= 0.6 is 11.3 Å². The fourth-order valence-corrected chi connectivity index (χ4v) is 6.31. The number of hydrogen-bond acceptors (Lipinski definition) is 3. The highest BCUT2D eigenvalue weighted by atomic mass is 32.1. The van der Waals surface area contributed by atoms with Crippen molar-refractivity contribution in [3.05, 3.63) is 70.5 Å². The monoisotopic (exact) mass is 475 g/mol. The predicted molar refractivity (Wildman–Crippen MR) is 137 cm³/mol. The van der Waals surface area contributed by atoms with Gasteiger partial charge in [0.25, 0.3) is 5.91 Å². The Morgan fingerprint density at radius 2 is 1.62 bits per heavy atom. The van der Waals surface area contributed by atoms with E-state index < -0.39 is 6.04 Å². The molecule has 3 aromatic rings. The molecule has 2 heterocycles. The average molecular weight is 476 g/mol. The van der Waals surface area contributed by atoms with Crippen LogP contribution in [0.3, 0.4) is 0 Å². The molecule has 1 aromatic carbocycles. The standard InChI is InChI=1S/C28H33N3O2S/c32-27(29-21-12-5-2-6-13-21)26(25-16-9-19-34-25)31(22-14-7-8-15-22)28(33)24-18-17-23(30-24)20-10-3-1-4-11-20/h1,3-4,9-11,16-19,21-22,26,30H,2,5-8,12-15H2,(H,29,32). The molecule has 0 bridgehead atoms. The third kappa shape index (κ3) is 4.97. The normalized spacial score (nSPS) is 18.0. The highest BCUT2D eigenvalue weighted by molar-refractivity contribution is 7.10. The lowest BCUT2D eigenvalue weighted by molar-refractivity contribution is -0.127. The summed E-state index contributed by atoms with van der Waals surface area (Å²) in [6.45, 7) is 0. The third-order valence-corrected chi connectivity index (χ3v) is 8.17. The number of nitrogens with one attached hydrogen (secondary N) is 2. The van der Waals surface area contributed by atoms with Gasteiger partial charge < -0.3 is 15.2 Å². The van der Waals surface area contributed by atoms with Crippen molar-refractivity contribution in [2.24, 2.45) is 0 Å². The minimum absolute atomic E-state index is 0.0376.